The molecule has 2 unspecified atom stereocenters. The fourth-order valence-electron chi connectivity index (χ4n) is 6.13. The van der Waals surface area contributed by atoms with E-state index in [0.717, 1.165) is 63.0 Å². The molecule has 0 radical (unpaired) electrons. The van der Waals surface area contributed by atoms with Gasteiger partial charge >= 0.3 is 0 Å². The van der Waals surface area contributed by atoms with Crippen LogP contribution in [-0.4, -0.2) is 43.9 Å². The maximum Gasteiger partial charge on any atom is 0.139 e. The number of piperidine rings is 1. The number of ether oxygens (including phenoxy) is 2. The van der Waals surface area contributed by atoms with Crippen LogP contribution in [0.25, 0.3) is 0 Å². The van der Waals surface area contributed by atoms with Crippen molar-refractivity contribution in [2.75, 3.05) is 37.7 Å². The molecule has 1 saturated carbocycles. The Morgan fingerprint density at radius 3 is 2.85 bits per heavy atom. The molecule has 1 N–H and O–H groups in total. The van der Waals surface area contributed by atoms with Crippen molar-refractivity contribution in [3.63, 3.8) is 0 Å². The number of aromatic nitrogens is 1. The molecule has 0 amide bonds. The predicted octanol–water partition coefficient (Wildman–Crippen LogP) is 5.06. The van der Waals surface area contributed by atoms with Crippen LogP contribution in [0.5, 0.6) is 5.75 Å². The molecule has 5 nitrogen and oxygen atoms in total. The second kappa shape index (κ2) is 11.3. The molecule has 2 aromatic rings. The smallest absolute Gasteiger partial charge is 0.139 e. The first-order chi connectivity index (χ1) is 16.3. The normalized spacial score (nSPS) is 27.3. The average molecular weight is 450 g/mol. The summed E-state index contributed by atoms with van der Waals surface area (Å²) in [6.45, 7) is 5.71. The van der Waals surface area contributed by atoms with Crippen molar-refractivity contribution in [1.29, 1.82) is 0 Å². The summed E-state index contributed by atoms with van der Waals surface area (Å²) in [7, 11) is 0. The van der Waals surface area contributed by atoms with Gasteiger partial charge in [0.25, 0.3) is 0 Å². The number of pyridine rings is 1. The Balaban J connectivity index is 1.14. The van der Waals surface area contributed by atoms with Gasteiger partial charge < -0.3 is 19.7 Å². The maximum absolute atomic E-state index is 6.08. The first kappa shape index (κ1) is 22.7. The molecule has 3 heterocycles. The molecule has 1 aromatic carbocycles. The molecule has 0 bridgehead atoms. The van der Waals surface area contributed by atoms with Gasteiger partial charge in [-0.1, -0.05) is 49.6 Å². The Labute approximate surface area is 198 Å². The van der Waals surface area contributed by atoms with Crippen LogP contribution in [0, 0.1) is 17.8 Å². The van der Waals surface area contributed by atoms with E-state index in [1.807, 2.05) is 12.4 Å². The summed E-state index contributed by atoms with van der Waals surface area (Å²) in [6, 6.07) is 13.2. The first-order valence-corrected chi connectivity index (χ1v) is 13.0. The van der Waals surface area contributed by atoms with Crippen molar-refractivity contribution in [1.82, 2.24) is 10.3 Å². The minimum absolute atomic E-state index is 0.483. The van der Waals surface area contributed by atoms with E-state index in [2.05, 4.69) is 51.6 Å². The number of rotatable bonds is 9. The van der Waals surface area contributed by atoms with Gasteiger partial charge in [-0.05, 0) is 55.5 Å². The topological polar surface area (TPSA) is 46.6 Å². The summed E-state index contributed by atoms with van der Waals surface area (Å²) < 4.78 is 12.1. The van der Waals surface area contributed by atoms with Crippen molar-refractivity contribution < 1.29 is 9.47 Å². The van der Waals surface area contributed by atoms with E-state index in [1.54, 1.807) is 0 Å². The zero-order valence-electron chi connectivity index (χ0n) is 19.8. The number of nitrogens with one attached hydrogen (secondary N) is 1. The number of nitrogens with zero attached hydrogens (tertiary/aromatic N) is 2. The van der Waals surface area contributed by atoms with Crippen molar-refractivity contribution in [3.8, 4) is 5.75 Å². The second-order valence-electron chi connectivity index (χ2n) is 10.2. The van der Waals surface area contributed by atoms with Gasteiger partial charge in [-0.2, -0.15) is 0 Å². The van der Waals surface area contributed by atoms with Gasteiger partial charge in [0, 0.05) is 31.8 Å². The number of hydrogen-bond acceptors (Lipinski definition) is 5. The van der Waals surface area contributed by atoms with Crippen LogP contribution < -0.4 is 15.0 Å². The maximum atomic E-state index is 6.08. The van der Waals surface area contributed by atoms with Gasteiger partial charge in [-0.25, -0.2) is 0 Å². The summed E-state index contributed by atoms with van der Waals surface area (Å²) in [5.74, 6) is 3.30. The molecule has 3 fully saturated rings. The van der Waals surface area contributed by atoms with E-state index in [9.17, 15) is 0 Å². The molecule has 1 aromatic heterocycles. The Hall–Kier alpha value is -2.11. The zero-order valence-corrected chi connectivity index (χ0v) is 19.8. The molecular formula is C28H39N3O2. The number of benzene rings is 1. The monoisotopic (exact) mass is 449 g/mol. The van der Waals surface area contributed by atoms with Crippen LogP contribution >= 0.6 is 0 Å². The summed E-state index contributed by atoms with van der Waals surface area (Å²) in [6.07, 6.45) is 12.9. The van der Waals surface area contributed by atoms with E-state index in [0.29, 0.717) is 6.04 Å². The Kier molecular flexibility index (Phi) is 7.79. The third-order valence-electron chi connectivity index (χ3n) is 7.98. The SMILES string of the molecule is c1ccc(COCC[C@H]2CCCC3CCN(c4cncc(OC[C@@H]5CCCN5)c4)CC32)cc1. The van der Waals surface area contributed by atoms with Gasteiger partial charge in [0.15, 0.2) is 0 Å². The van der Waals surface area contributed by atoms with Crippen LogP contribution in [0.3, 0.4) is 0 Å². The minimum atomic E-state index is 0.483. The fraction of sp³-hybridized carbons (Fsp3) is 0.607. The first-order valence-electron chi connectivity index (χ1n) is 13.0. The highest BCUT2D eigenvalue weighted by Gasteiger charge is 2.37. The third-order valence-corrected chi connectivity index (χ3v) is 7.98. The third kappa shape index (κ3) is 6.07. The van der Waals surface area contributed by atoms with E-state index < -0.39 is 0 Å². The summed E-state index contributed by atoms with van der Waals surface area (Å²) in [4.78, 5) is 7.06. The molecule has 0 spiro atoms. The molecule has 5 heteroatoms. The Morgan fingerprint density at radius 2 is 1.97 bits per heavy atom. The lowest BCUT2D eigenvalue weighted by Crippen LogP contribution is -2.45. The molecule has 4 atom stereocenters. The lowest BCUT2D eigenvalue weighted by molar-refractivity contribution is 0.0656. The lowest BCUT2D eigenvalue weighted by atomic mass is 9.68. The van der Waals surface area contributed by atoms with Crippen LogP contribution in [-0.2, 0) is 11.3 Å². The standard InChI is InChI=1S/C28H39N3O2/c1-2-6-22(7-3-1)20-32-15-12-24-9-4-8-23-11-14-31(19-28(23)24)26-16-27(18-29-17-26)33-21-25-10-5-13-30-25/h1-3,6-7,16-18,23-25,28,30H,4-5,8-15,19-21H2/t23?,24-,25+,28?/m1/s1. The van der Waals surface area contributed by atoms with Gasteiger partial charge in [-0.15, -0.1) is 0 Å². The van der Waals surface area contributed by atoms with Crippen molar-refractivity contribution in [3.05, 3.63) is 54.4 Å². The summed E-state index contributed by atoms with van der Waals surface area (Å²) in [5.41, 5.74) is 2.48. The van der Waals surface area contributed by atoms with Crippen molar-refractivity contribution in [2.45, 2.75) is 57.6 Å². The highest BCUT2D eigenvalue weighted by molar-refractivity contribution is 5.48. The van der Waals surface area contributed by atoms with E-state index in [-0.39, 0.29) is 0 Å². The van der Waals surface area contributed by atoms with Gasteiger partial charge in [0.1, 0.15) is 12.4 Å². The van der Waals surface area contributed by atoms with Gasteiger partial charge in [-0.3, -0.25) is 4.98 Å². The van der Waals surface area contributed by atoms with Crippen LogP contribution in [0.4, 0.5) is 5.69 Å². The van der Waals surface area contributed by atoms with Crippen molar-refractivity contribution in [2.24, 2.45) is 17.8 Å². The number of anilines is 1. The quantitative estimate of drug-likeness (QED) is 0.542. The van der Waals surface area contributed by atoms with E-state index >= 15 is 0 Å². The minimum Gasteiger partial charge on any atom is -0.490 e. The van der Waals surface area contributed by atoms with Gasteiger partial charge in [0.2, 0.25) is 0 Å². The lowest BCUT2D eigenvalue weighted by Gasteiger charge is -2.46. The van der Waals surface area contributed by atoms with E-state index in [4.69, 9.17) is 9.47 Å². The highest BCUT2D eigenvalue weighted by atomic mass is 16.5. The van der Waals surface area contributed by atoms with Crippen molar-refractivity contribution >= 4 is 5.69 Å². The number of fused-ring (bicyclic) bond motifs is 1. The molecule has 3 aliphatic rings. The second-order valence-corrected chi connectivity index (χ2v) is 10.2. The summed E-state index contributed by atoms with van der Waals surface area (Å²) in [5, 5.41) is 3.50. The van der Waals surface area contributed by atoms with Crippen LogP contribution in [0.15, 0.2) is 48.8 Å². The van der Waals surface area contributed by atoms with Gasteiger partial charge in [0.05, 0.1) is 24.7 Å². The summed E-state index contributed by atoms with van der Waals surface area (Å²) >= 11 is 0. The molecule has 33 heavy (non-hydrogen) atoms. The largest absolute Gasteiger partial charge is 0.490 e. The molecule has 5 rings (SSSR count). The molecule has 1 aliphatic carbocycles. The van der Waals surface area contributed by atoms with E-state index in [1.165, 1.54) is 56.2 Å². The van der Waals surface area contributed by atoms with Crippen LogP contribution in [0.1, 0.15) is 50.5 Å². The predicted molar refractivity (Wildman–Crippen MR) is 133 cm³/mol. The highest BCUT2D eigenvalue weighted by Crippen LogP contribution is 2.42. The molecular weight excluding hydrogens is 410 g/mol. The Morgan fingerprint density at radius 1 is 1.03 bits per heavy atom. The molecule has 178 valence electrons. The fourth-order valence-corrected chi connectivity index (χ4v) is 6.13. The van der Waals surface area contributed by atoms with Crippen LogP contribution in [0.2, 0.25) is 0 Å². The number of hydrogen-bond donors (Lipinski definition) is 1. The molecule has 2 aliphatic heterocycles. The Bertz CT molecular complexity index is 855. The molecule has 2 saturated heterocycles. The zero-order chi connectivity index (χ0) is 22.3. The average Bonchev–Trinajstić information content (AvgIpc) is 3.40.